The molecule has 21 heavy (non-hydrogen) atoms. The van der Waals surface area contributed by atoms with Gasteiger partial charge >= 0.3 is 12.0 Å². The molecule has 0 aliphatic carbocycles. The Hall–Kier alpha value is -1.46. The third kappa shape index (κ3) is 5.81. The maximum Gasteiger partial charge on any atom is 0.325 e. The lowest BCUT2D eigenvalue weighted by Crippen LogP contribution is -2.43. The lowest BCUT2D eigenvalue weighted by molar-refractivity contribution is -0.144. The van der Waals surface area contributed by atoms with E-state index in [0.717, 1.165) is 0 Å². The number of nitrogens with zero attached hydrogens (tertiary/aromatic N) is 1. The Labute approximate surface area is 134 Å². The molecule has 0 radical (unpaired) electrons. The van der Waals surface area contributed by atoms with Gasteiger partial charge in [-0.2, -0.15) is 0 Å². The van der Waals surface area contributed by atoms with Crippen molar-refractivity contribution in [3.05, 3.63) is 28.2 Å². The van der Waals surface area contributed by atoms with Crippen LogP contribution in [-0.4, -0.2) is 36.1 Å². The van der Waals surface area contributed by atoms with Gasteiger partial charge in [0.05, 0.1) is 6.61 Å². The van der Waals surface area contributed by atoms with Crippen molar-refractivity contribution in [2.45, 2.75) is 26.8 Å². The summed E-state index contributed by atoms with van der Waals surface area (Å²) < 4.78 is 4.86. The highest BCUT2D eigenvalue weighted by atomic mass is 35.5. The molecule has 0 fully saturated rings. The van der Waals surface area contributed by atoms with Gasteiger partial charge in [-0.15, -0.1) is 0 Å². The number of urea groups is 1. The zero-order valence-corrected chi connectivity index (χ0v) is 13.7. The highest BCUT2D eigenvalue weighted by Gasteiger charge is 2.21. The van der Waals surface area contributed by atoms with Gasteiger partial charge in [0.2, 0.25) is 0 Å². The van der Waals surface area contributed by atoms with Crippen molar-refractivity contribution in [2.24, 2.45) is 0 Å². The van der Waals surface area contributed by atoms with Crippen molar-refractivity contribution in [3.63, 3.8) is 0 Å². The molecule has 0 spiro atoms. The van der Waals surface area contributed by atoms with E-state index in [1.54, 1.807) is 25.1 Å². The molecule has 0 heterocycles. The van der Waals surface area contributed by atoms with E-state index in [9.17, 15) is 9.59 Å². The van der Waals surface area contributed by atoms with Crippen molar-refractivity contribution in [1.29, 1.82) is 0 Å². The highest BCUT2D eigenvalue weighted by molar-refractivity contribution is 6.35. The van der Waals surface area contributed by atoms with Gasteiger partial charge in [0, 0.05) is 21.8 Å². The third-order valence-corrected chi connectivity index (χ3v) is 3.04. The Morgan fingerprint density at radius 2 is 1.81 bits per heavy atom. The van der Waals surface area contributed by atoms with E-state index in [1.165, 1.54) is 4.90 Å². The molecule has 2 amide bonds. The molecule has 1 N–H and O–H groups in total. The van der Waals surface area contributed by atoms with Gasteiger partial charge < -0.3 is 15.0 Å². The summed E-state index contributed by atoms with van der Waals surface area (Å²) in [6.45, 7) is 5.49. The van der Waals surface area contributed by atoms with Gasteiger partial charge in [0.1, 0.15) is 6.54 Å². The van der Waals surface area contributed by atoms with Gasteiger partial charge in [-0.1, -0.05) is 23.2 Å². The first kappa shape index (κ1) is 17.6. The van der Waals surface area contributed by atoms with Crippen LogP contribution in [0, 0.1) is 0 Å². The molecule has 5 nitrogen and oxygen atoms in total. The third-order valence-electron chi connectivity index (χ3n) is 2.60. The highest BCUT2D eigenvalue weighted by Crippen LogP contribution is 2.22. The maximum absolute atomic E-state index is 12.2. The minimum atomic E-state index is -0.453. The van der Waals surface area contributed by atoms with E-state index in [-0.39, 0.29) is 19.2 Å². The maximum atomic E-state index is 12.2. The Kier molecular flexibility index (Phi) is 6.78. The second-order valence-corrected chi connectivity index (χ2v) is 5.49. The van der Waals surface area contributed by atoms with Crippen LogP contribution in [0.15, 0.2) is 18.2 Å². The summed E-state index contributed by atoms with van der Waals surface area (Å²) in [6, 6.07) is 4.14. The van der Waals surface area contributed by atoms with Crippen LogP contribution in [0.5, 0.6) is 0 Å². The number of anilines is 1. The number of rotatable bonds is 5. The number of carbonyl (C=O) groups is 2. The summed E-state index contributed by atoms with van der Waals surface area (Å²) in [6.07, 6.45) is 0. The number of halogens is 2. The van der Waals surface area contributed by atoms with Crippen molar-refractivity contribution in [1.82, 2.24) is 4.90 Å². The molecule has 1 aromatic rings. The number of hydrogen-bond donors (Lipinski definition) is 1. The largest absolute Gasteiger partial charge is 0.465 e. The van der Waals surface area contributed by atoms with Crippen LogP contribution in [-0.2, 0) is 9.53 Å². The van der Waals surface area contributed by atoms with E-state index in [4.69, 9.17) is 27.9 Å². The first-order valence-corrected chi connectivity index (χ1v) is 7.28. The number of hydrogen-bond acceptors (Lipinski definition) is 3. The van der Waals surface area contributed by atoms with E-state index in [2.05, 4.69) is 5.32 Å². The molecule has 0 bridgehead atoms. The van der Waals surface area contributed by atoms with Crippen molar-refractivity contribution < 1.29 is 14.3 Å². The topological polar surface area (TPSA) is 58.6 Å². The van der Waals surface area contributed by atoms with Crippen LogP contribution >= 0.6 is 23.2 Å². The van der Waals surface area contributed by atoms with Crippen LogP contribution in [0.3, 0.4) is 0 Å². The number of esters is 1. The minimum absolute atomic E-state index is 0.119. The number of ether oxygens (including phenoxy) is 1. The molecule has 0 aromatic heterocycles. The average molecular weight is 333 g/mol. The molecule has 0 atom stereocenters. The first-order valence-electron chi connectivity index (χ1n) is 6.52. The summed E-state index contributed by atoms with van der Waals surface area (Å²) in [7, 11) is 0. The number of benzene rings is 1. The van der Waals surface area contributed by atoms with E-state index >= 15 is 0 Å². The van der Waals surface area contributed by atoms with Crippen LogP contribution in [0.25, 0.3) is 0 Å². The summed E-state index contributed by atoms with van der Waals surface area (Å²) in [5.74, 6) is -0.453. The molecule has 1 aromatic carbocycles. The lowest BCUT2D eigenvalue weighted by atomic mass is 10.3. The molecular weight excluding hydrogens is 315 g/mol. The molecule has 0 unspecified atom stereocenters. The van der Waals surface area contributed by atoms with Crippen LogP contribution in [0.2, 0.25) is 10.0 Å². The normalized spacial score (nSPS) is 10.4. The Morgan fingerprint density at radius 1 is 1.24 bits per heavy atom. The molecule has 0 aliphatic heterocycles. The number of carbonyl (C=O) groups excluding carboxylic acids is 2. The Morgan fingerprint density at radius 3 is 2.29 bits per heavy atom. The van der Waals surface area contributed by atoms with E-state index in [0.29, 0.717) is 15.7 Å². The van der Waals surface area contributed by atoms with Gasteiger partial charge in [-0.05, 0) is 39.0 Å². The zero-order valence-electron chi connectivity index (χ0n) is 12.2. The second kappa shape index (κ2) is 8.10. The fraction of sp³-hybridized carbons (Fsp3) is 0.429. The summed E-state index contributed by atoms with van der Waals surface area (Å²) in [4.78, 5) is 25.1. The zero-order chi connectivity index (χ0) is 16.0. The first-order chi connectivity index (χ1) is 9.83. The van der Waals surface area contributed by atoms with E-state index in [1.807, 2.05) is 13.8 Å². The van der Waals surface area contributed by atoms with Crippen molar-refractivity contribution >= 4 is 40.9 Å². The predicted octanol–water partition coefficient (Wildman–Crippen LogP) is 3.80. The van der Waals surface area contributed by atoms with Crippen molar-refractivity contribution in [3.8, 4) is 0 Å². The molecule has 0 saturated carbocycles. The monoisotopic (exact) mass is 332 g/mol. The predicted molar refractivity (Wildman–Crippen MR) is 84.0 cm³/mol. The number of amides is 2. The van der Waals surface area contributed by atoms with Crippen LogP contribution < -0.4 is 5.32 Å². The smallest absolute Gasteiger partial charge is 0.325 e. The van der Waals surface area contributed by atoms with Gasteiger partial charge in [-0.25, -0.2) is 4.79 Å². The molecular formula is C14H18Cl2N2O3. The Bertz CT molecular complexity index is 501. The fourth-order valence-corrected chi connectivity index (χ4v) is 2.18. The fourth-order valence-electron chi connectivity index (χ4n) is 1.66. The summed E-state index contributed by atoms with van der Waals surface area (Å²) >= 11 is 11.8. The summed E-state index contributed by atoms with van der Waals surface area (Å²) in [5, 5.41) is 3.49. The van der Waals surface area contributed by atoms with Gasteiger partial charge in [-0.3, -0.25) is 4.79 Å². The molecule has 1 rings (SSSR count). The summed E-state index contributed by atoms with van der Waals surface area (Å²) in [5.41, 5.74) is 0.465. The number of nitrogens with one attached hydrogen (secondary N) is 1. The van der Waals surface area contributed by atoms with E-state index < -0.39 is 12.0 Å². The second-order valence-electron chi connectivity index (χ2n) is 4.61. The van der Waals surface area contributed by atoms with Gasteiger partial charge in [0.25, 0.3) is 0 Å². The minimum Gasteiger partial charge on any atom is -0.465 e. The van der Waals surface area contributed by atoms with Crippen molar-refractivity contribution in [2.75, 3.05) is 18.5 Å². The van der Waals surface area contributed by atoms with Crippen LogP contribution in [0.4, 0.5) is 10.5 Å². The van der Waals surface area contributed by atoms with Crippen LogP contribution in [0.1, 0.15) is 20.8 Å². The average Bonchev–Trinajstić information content (AvgIpc) is 2.34. The standard InChI is InChI=1S/C14H18Cl2N2O3/c1-4-21-13(19)8-18(9(2)3)14(20)17-12-6-10(15)5-11(16)7-12/h5-7,9H,4,8H2,1-3H3,(H,17,20). The molecule has 116 valence electrons. The molecule has 0 aliphatic rings. The van der Waals surface area contributed by atoms with Gasteiger partial charge in [0.15, 0.2) is 0 Å². The molecule has 7 heteroatoms. The lowest BCUT2D eigenvalue weighted by Gasteiger charge is -2.26. The molecule has 0 saturated heterocycles. The quantitative estimate of drug-likeness (QED) is 0.834. The Balaban J connectivity index is 2.79. The SMILES string of the molecule is CCOC(=O)CN(C(=O)Nc1cc(Cl)cc(Cl)c1)C(C)C.